The first-order valence-corrected chi connectivity index (χ1v) is 7.01. The molecule has 0 aromatic carbocycles. The number of β-amino-alcohol motifs (C(OH)–C–C–N with tert-alkyl or cyclic N) is 1. The summed E-state index contributed by atoms with van der Waals surface area (Å²) in [6.45, 7) is 1.59. The van der Waals surface area contributed by atoms with Crippen LogP contribution in [0.1, 0.15) is 19.3 Å². The molecule has 0 aromatic heterocycles. The Labute approximate surface area is 84.8 Å². The molecule has 0 saturated carbocycles. The van der Waals surface area contributed by atoms with E-state index in [1.807, 2.05) is 0 Å². The predicted molar refractivity (Wildman–Crippen MR) is 53.9 cm³/mol. The number of piperidine rings is 1. The summed E-state index contributed by atoms with van der Waals surface area (Å²) < 4.78 is 22.6. The van der Waals surface area contributed by atoms with Gasteiger partial charge in [-0.2, -0.15) is 0 Å². The lowest BCUT2D eigenvalue weighted by Crippen LogP contribution is -2.45. The Hall–Kier alpha value is -0.130. The summed E-state index contributed by atoms with van der Waals surface area (Å²) in [5.74, 6) is 0.615. The highest BCUT2D eigenvalue weighted by Crippen LogP contribution is 2.21. The van der Waals surface area contributed by atoms with Gasteiger partial charge in [-0.1, -0.05) is 0 Å². The maximum absolute atomic E-state index is 11.3. The number of likely N-dealkylation sites (tertiary alicyclic amines) is 1. The van der Waals surface area contributed by atoms with E-state index in [-0.39, 0.29) is 12.1 Å². The van der Waals surface area contributed by atoms with Gasteiger partial charge in [0.25, 0.3) is 0 Å². The van der Waals surface area contributed by atoms with E-state index >= 15 is 0 Å². The van der Waals surface area contributed by atoms with Crippen LogP contribution in [0.15, 0.2) is 0 Å². The average Bonchev–Trinajstić information content (AvgIpc) is 2.46. The molecule has 2 fully saturated rings. The van der Waals surface area contributed by atoms with Gasteiger partial charge in [-0.05, 0) is 25.8 Å². The monoisotopic (exact) mass is 219 g/mol. The molecule has 0 aliphatic carbocycles. The molecule has 82 valence electrons. The fraction of sp³-hybridized carbons (Fsp3) is 1.00. The minimum Gasteiger partial charge on any atom is -0.392 e. The molecule has 2 aliphatic heterocycles. The third kappa shape index (κ3) is 2.27. The van der Waals surface area contributed by atoms with Crippen molar-refractivity contribution in [2.75, 3.05) is 24.6 Å². The molecule has 0 bridgehead atoms. The van der Waals surface area contributed by atoms with Gasteiger partial charge in [0, 0.05) is 12.6 Å². The van der Waals surface area contributed by atoms with Gasteiger partial charge >= 0.3 is 0 Å². The van der Waals surface area contributed by atoms with E-state index in [0.717, 1.165) is 25.8 Å². The fourth-order valence-corrected chi connectivity index (χ4v) is 4.14. The van der Waals surface area contributed by atoms with Crippen molar-refractivity contribution < 1.29 is 13.5 Å². The summed E-state index contributed by atoms with van der Waals surface area (Å²) in [5.41, 5.74) is 0. The van der Waals surface area contributed by atoms with Gasteiger partial charge < -0.3 is 5.11 Å². The summed E-state index contributed by atoms with van der Waals surface area (Å²) >= 11 is 0. The summed E-state index contributed by atoms with van der Waals surface area (Å²) in [6.07, 6.45) is 2.33. The predicted octanol–water partition coefficient (Wildman–Crippen LogP) is -0.370. The SMILES string of the molecule is O=S1(=O)CC[C@H](N2CCC[C@@H](O)C2)C1. The molecule has 0 aromatic rings. The zero-order chi connectivity index (χ0) is 10.2. The first-order chi connectivity index (χ1) is 6.57. The minimum absolute atomic E-state index is 0.162. The molecule has 2 saturated heterocycles. The largest absolute Gasteiger partial charge is 0.392 e. The number of sulfone groups is 1. The number of hydrogen-bond acceptors (Lipinski definition) is 4. The smallest absolute Gasteiger partial charge is 0.151 e. The quantitative estimate of drug-likeness (QED) is 0.654. The van der Waals surface area contributed by atoms with Crippen LogP contribution in [-0.2, 0) is 9.84 Å². The Morgan fingerprint density at radius 1 is 1.29 bits per heavy atom. The summed E-state index contributed by atoms with van der Waals surface area (Å²) in [6, 6.07) is 0.162. The van der Waals surface area contributed by atoms with Crippen molar-refractivity contribution in [3.63, 3.8) is 0 Å². The zero-order valence-electron chi connectivity index (χ0n) is 8.22. The van der Waals surface area contributed by atoms with Crippen molar-refractivity contribution >= 4 is 9.84 Å². The molecule has 1 N–H and O–H groups in total. The lowest BCUT2D eigenvalue weighted by Gasteiger charge is -2.34. The van der Waals surface area contributed by atoms with E-state index in [4.69, 9.17) is 0 Å². The highest BCUT2D eigenvalue weighted by atomic mass is 32.2. The molecule has 4 nitrogen and oxygen atoms in total. The average molecular weight is 219 g/mol. The van der Waals surface area contributed by atoms with Crippen LogP contribution in [0.25, 0.3) is 0 Å². The van der Waals surface area contributed by atoms with Crippen LogP contribution in [0.2, 0.25) is 0 Å². The van der Waals surface area contributed by atoms with Crippen LogP contribution in [0.4, 0.5) is 0 Å². The molecular formula is C9H17NO3S. The standard InChI is InChI=1S/C9H17NO3S/c11-9-2-1-4-10(6-9)8-3-5-14(12,13)7-8/h8-9,11H,1-7H2/t8-,9+/m0/s1. The van der Waals surface area contributed by atoms with Gasteiger partial charge in [0.15, 0.2) is 9.84 Å². The van der Waals surface area contributed by atoms with Crippen LogP contribution in [0.3, 0.4) is 0 Å². The summed E-state index contributed by atoms with van der Waals surface area (Å²) in [5, 5.41) is 9.48. The van der Waals surface area contributed by atoms with Gasteiger partial charge in [-0.3, -0.25) is 4.90 Å². The lowest BCUT2D eigenvalue weighted by atomic mass is 10.1. The second-order valence-electron chi connectivity index (χ2n) is 4.35. The first kappa shape index (κ1) is 10.4. The van der Waals surface area contributed by atoms with Crippen molar-refractivity contribution in [1.82, 2.24) is 4.90 Å². The fourth-order valence-electron chi connectivity index (χ4n) is 2.38. The first-order valence-electron chi connectivity index (χ1n) is 5.19. The minimum atomic E-state index is -2.79. The molecule has 5 heteroatoms. The Morgan fingerprint density at radius 2 is 2.07 bits per heavy atom. The molecule has 0 radical (unpaired) electrons. The van der Waals surface area contributed by atoms with Gasteiger partial charge in [0.05, 0.1) is 17.6 Å². The number of rotatable bonds is 1. The Morgan fingerprint density at radius 3 is 2.64 bits per heavy atom. The number of nitrogens with zero attached hydrogens (tertiary/aromatic N) is 1. The maximum atomic E-state index is 11.3. The molecule has 2 rings (SSSR count). The third-order valence-corrected chi connectivity index (χ3v) is 4.90. The van der Waals surface area contributed by atoms with Crippen LogP contribution in [0, 0.1) is 0 Å². The van der Waals surface area contributed by atoms with Crippen molar-refractivity contribution in [2.45, 2.75) is 31.4 Å². The topological polar surface area (TPSA) is 57.6 Å². The van der Waals surface area contributed by atoms with Crippen LogP contribution in [-0.4, -0.2) is 55.2 Å². The number of aliphatic hydroxyl groups is 1. The summed E-state index contributed by atoms with van der Waals surface area (Å²) in [7, 11) is -2.79. The Balaban J connectivity index is 1.96. The Bertz CT molecular complexity index is 301. The molecule has 2 aliphatic rings. The third-order valence-electron chi connectivity index (χ3n) is 3.15. The van der Waals surface area contributed by atoms with Crippen LogP contribution < -0.4 is 0 Å². The highest BCUT2D eigenvalue weighted by molar-refractivity contribution is 7.91. The Kier molecular flexibility index (Phi) is 2.81. The van der Waals surface area contributed by atoms with Crippen molar-refractivity contribution in [3.05, 3.63) is 0 Å². The van der Waals surface area contributed by atoms with Crippen LogP contribution in [0.5, 0.6) is 0 Å². The van der Waals surface area contributed by atoms with E-state index in [1.165, 1.54) is 0 Å². The molecule has 0 spiro atoms. The second-order valence-corrected chi connectivity index (χ2v) is 6.58. The normalized spacial score (nSPS) is 38.6. The molecule has 2 heterocycles. The molecule has 0 amide bonds. The molecule has 2 atom stereocenters. The van der Waals surface area contributed by atoms with Crippen molar-refractivity contribution in [2.24, 2.45) is 0 Å². The van der Waals surface area contributed by atoms with E-state index in [1.54, 1.807) is 0 Å². The zero-order valence-corrected chi connectivity index (χ0v) is 9.04. The second kappa shape index (κ2) is 3.79. The highest BCUT2D eigenvalue weighted by Gasteiger charge is 2.33. The van der Waals surface area contributed by atoms with E-state index in [0.29, 0.717) is 18.1 Å². The molecular weight excluding hydrogens is 202 g/mol. The number of aliphatic hydroxyl groups excluding tert-OH is 1. The van der Waals surface area contributed by atoms with Gasteiger partial charge in [-0.15, -0.1) is 0 Å². The van der Waals surface area contributed by atoms with E-state index in [2.05, 4.69) is 4.90 Å². The van der Waals surface area contributed by atoms with Gasteiger partial charge in [-0.25, -0.2) is 8.42 Å². The van der Waals surface area contributed by atoms with Crippen molar-refractivity contribution in [3.8, 4) is 0 Å². The van der Waals surface area contributed by atoms with Crippen molar-refractivity contribution in [1.29, 1.82) is 0 Å². The maximum Gasteiger partial charge on any atom is 0.151 e. The number of hydrogen-bond donors (Lipinski definition) is 1. The van der Waals surface area contributed by atoms with E-state index < -0.39 is 9.84 Å². The lowest BCUT2D eigenvalue weighted by molar-refractivity contribution is 0.0522. The van der Waals surface area contributed by atoms with Gasteiger partial charge in [0.2, 0.25) is 0 Å². The van der Waals surface area contributed by atoms with Gasteiger partial charge in [0.1, 0.15) is 0 Å². The molecule has 14 heavy (non-hydrogen) atoms. The van der Waals surface area contributed by atoms with E-state index in [9.17, 15) is 13.5 Å². The molecule has 0 unspecified atom stereocenters. The van der Waals surface area contributed by atoms with Crippen LogP contribution >= 0.6 is 0 Å². The summed E-state index contributed by atoms with van der Waals surface area (Å²) in [4.78, 5) is 2.14.